The first kappa shape index (κ1) is 21.2. The molecule has 32 heavy (non-hydrogen) atoms. The lowest BCUT2D eigenvalue weighted by Crippen LogP contribution is -2.21. The molecule has 0 fully saturated rings. The minimum Gasteiger partial charge on any atom is -0.496 e. The second-order valence-corrected chi connectivity index (χ2v) is 7.42. The summed E-state index contributed by atoms with van der Waals surface area (Å²) in [6.07, 6.45) is 3.34. The molecule has 1 amide bonds. The van der Waals surface area contributed by atoms with Crippen LogP contribution in [0.25, 0.3) is 27.7 Å². The average molecular weight is 428 g/mol. The fraction of sp³-hybridized carbons (Fsp3) is 0.148. The third-order valence-corrected chi connectivity index (χ3v) is 5.40. The summed E-state index contributed by atoms with van der Waals surface area (Å²) < 4.78 is 16.7. The molecule has 0 atom stereocenters. The summed E-state index contributed by atoms with van der Waals surface area (Å²) in [4.78, 5) is 12.6. The van der Waals surface area contributed by atoms with Crippen LogP contribution in [-0.4, -0.2) is 20.1 Å². The summed E-state index contributed by atoms with van der Waals surface area (Å²) in [6.45, 7) is 2.28. The second-order valence-electron chi connectivity index (χ2n) is 7.42. The van der Waals surface area contributed by atoms with Crippen molar-refractivity contribution in [3.8, 4) is 22.6 Å². The number of hydrogen-bond acceptors (Lipinski definition) is 4. The molecule has 1 aromatic heterocycles. The van der Waals surface area contributed by atoms with E-state index in [1.54, 1.807) is 26.6 Å². The number of nitrogens with one attached hydrogen (secondary N) is 1. The number of carbonyl (C=O) groups is 1. The van der Waals surface area contributed by atoms with Crippen molar-refractivity contribution in [2.24, 2.45) is 0 Å². The van der Waals surface area contributed by atoms with Crippen molar-refractivity contribution < 1.29 is 18.7 Å². The molecule has 0 radical (unpaired) electrons. The fourth-order valence-electron chi connectivity index (χ4n) is 3.73. The Balaban J connectivity index is 1.62. The van der Waals surface area contributed by atoms with Crippen molar-refractivity contribution in [1.82, 2.24) is 5.32 Å². The van der Waals surface area contributed by atoms with Crippen LogP contribution in [0.4, 0.5) is 0 Å². The van der Waals surface area contributed by atoms with Gasteiger partial charge >= 0.3 is 0 Å². The molecule has 0 aliphatic heterocycles. The van der Waals surface area contributed by atoms with Gasteiger partial charge in [0.05, 0.1) is 20.5 Å². The Morgan fingerprint density at radius 2 is 1.69 bits per heavy atom. The van der Waals surface area contributed by atoms with Crippen molar-refractivity contribution in [3.63, 3.8) is 0 Å². The Hall–Kier alpha value is -3.99. The number of methoxy groups -OCH3 is 2. The van der Waals surface area contributed by atoms with Gasteiger partial charge in [-0.05, 0) is 30.2 Å². The number of carbonyl (C=O) groups excluding carboxylic acids is 1. The van der Waals surface area contributed by atoms with E-state index in [1.165, 1.54) is 0 Å². The fourth-order valence-corrected chi connectivity index (χ4v) is 3.73. The molecule has 0 bridgehead atoms. The Kier molecular flexibility index (Phi) is 6.26. The number of fused-ring (bicyclic) bond motifs is 1. The topological polar surface area (TPSA) is 60.7 Å². The van der Waals surface area contributed by atoms with Crippen LogP contribution in [0.15, 0.2) is 83.5 Å². The Morgan fingerprint density at radius 1 is 0.969 bits per heavy atom. The van der Waals surface area contributed by atoms with E-state index in [2.05, 4.69) is 5.32 Å². The van der Waals surface area contributed by atoms with E-state index in [0.717, 1.165) is 44.5 Å². The smallest absolute Gasteiger partial charge is 0.244 e. The summed E-state index contributed by atoms with van der Waals surface area (Å²) in [5.41, 5.74) is 5.35. The van der Waals surface area contributed by atoms with E-state index >= 15 is 0 Å². The standard InChI is InChI=1S/C27H25NO4/c1-18(13-27(29)28-16-20-11-7-8-12-24(20)30-2)21-14-22-23(19-9-5-4-6-10-19)17-32-26(22)15-25(21)31-3/h4-15,17H,16H2,1-3H3,(H,28,29)/b18-13+. The molecule has 0 saturated carbocycles. The SMILES string of the molecule is COc1ccccc1CNC(=O)/C=C(\C)c1cc2c(-c3ccccc3)coc2cc1OC. The molecule has 4 rings (SSSR count). The highest BCUT2D eigenvalue weighted by molar-refractivity contribution is 6.00. The van der Waals surface area contributed by atoms with Gasteiger partial charge in [-0.15, -0.1) is 0 Å². The number of para-hydroxylation sites is 1. The van der Waals surface area contributed by atoms with E-state index in [9.17, 15) is 4.79 Å². The van der Waals surface area contributed by atoms with Crippen LogP contribution in [0.5, 0.6) is 11.5 Å². The van der Waals surface area contributed by atoms with Crippen LogP contribution >= 0.6 is 0 Å². The van der Waals surface area contributed by atoms with Gasteiger partial charge < -0.3 is 19.2 Å². The van der Waals surface area contributed by atoms with Crippen molar-refractivity contribution >= 4 is 22.4 Å². The minimum absolute atomic E-state index is 0.189. The molecular weight excluding hydrogens is 402 g/mol. The summed E-state index contributed by atoms with van der Waals surface area (Å²) in [6, 6.07) is 21.6. The van der Waals surface area contributed by atoms with Gasteiger partial charge in [0.2, 0.25) is 5.91 Å². The highest BCUT2D eigenvalue weighted by Crippen LogP contribution is 2.37. The zero-order chi connectivity index (χ0) is 22.5. The van der Waals surface area contributed by atoms with Crippen molar-refractivity contribution in [3.05, 3.63) is 90.2 Å². The highest BCUT2D eigenvalue weighted by Gasteiger charge is 2.15. The van der Waals surface area contributed by atoms with Crippen LogP contribution in [0.2, 0.25) is 0 Å². The molecule has 1 heterocycles. The van der Waals surface area contributed by atoms with Gasteiger partial charge in [0.1, 0.15) is 17.1 Å². The van der Waals surface area contributed by atoms with Gasteiger partial charge in [0.25, 0.3) is 0 Å². The largest absolute Gasteiger partial charge is 0.496 e. The molecule has 0 aliphatic rings. The maximum absolute atomic E-state index is 12.6. The van der Waals surface area contributed by atoms with Crippen molar-refractivity contribution in [2.45, 2.75) is 13.5 Å². The predicted molar refractivity (Wildman–Crippen MR) is 127 cm³/mol. The zero-order valence-corrected chi connectivity index (χ0v) is 18.3. The summed E-state index contributed by atoms with van der Waals surface area (Å²) >= 11 is 0. The number of ether oxygens (including phenoxy) is 2. The van der Waals surface area contributed by atoms with Crippen molar-refractivity contribution in [2.75, 3.05) is 14.2 Å². The number of amides is 1. The van der Waals surface area contributed by atoms with E-state index < -0.39 is 0 Å². The first-order chi connectivity index (χ1) is 15.6. The Bertz CT molecular complexity index is 1270. The maximum atomic E-state index is 12.6. The lowest BCUT2D eigenvalue weighted by molar-refractivity contribution is -0.116. The third kappa shape index (κ3) is 4.37. The number of hydrogen-bond donors (Lipinski definition) is 1. The van der Waals surface area contributed by atoms with Gasteiger partial charge in [0, 0.05) is 40.8 Å². The lowest BCUT2D eigenvalue weighted by atomic mass is 9.99. The van der Waals surface area contributed by atoms with Crippen LogP contribution in [0, 0.1) is 0 Å². The zero-order valence-electron chi connectivity index (χ0n) is 18.3. The van der Waals surface area contributed by atoms with E-state index in [4.69, 9.17) is 13.9 Å². The Labute approximate surface area is 187 Å². The van der Waals surface area contributed by atoms with Gasteiger partial charge in [-0.25, -0.2) is 0 Å². The van der Waals surface area contributed by atoms with Gasteiger partial charge in [-0.3, -0.25) is 4.79 Å². The molecule has 0 saturated heterocycles. The monoisotopic (exact) mass is 427 g/mol. The van der Waals surface area contributed by atoms with Crippen LogP contribution in [0.1, 0.15) is 18.1 Å². The summed E-state index contributed by atoms with van der Waals surface area (Å²) in [7, 11) is 3.23. The van der Waals surface area contributed by atoms with Gasteiger partial charge in [-0.1, -0.05) is 48.5 Å². The molecule has 162 valence electrons. The highest BCUT2D eigenvalue weighted by atomic mass is 16.5. The molecule has 0 spiro atoms. The minimum atomic E-state index is -0.189. The van der Waals surface area contributed by atoms with E-state index in [-0.39, 0.29) is 5.91 Å². The molecular formula is C27H25NO4. The first-order valence-electron chi connectivity index (χ1n) is 10.3. The van der Waals surface area contributed by atoms with Gasteiger partial charge in [-0.2, -0.15) is 0 Å². The molecule has 0 aliphatic carbocycles. The quantitative estimate of drug-likeness (QED) is 0.377. The normalized spacial score (nSPS) is 11.4. The van der Waals surface area contributed by atoms with E-state index in [0.29, 0.717) is 12.3 Å². The maximum Gasteiger partial charge on any atom is 0.244 e. The molecule has 5 nitrogen and oxygen atoms in total. The molecule has 4 aromatic rings. The molecule has 5 heteroatoms. The van der Waals surface area contributed by atoms with Crippen LogP contribution in [0.3, 0.4) is 0 Å². The summed E-state index contributed by atoms with van der Waals surface area (Å²) in [5, 5.41) is 3.89. The van der Waals surface area contributed by atoms with Crippen LogP contribution in [-0.2, 0) is 11.3 Å². The molecule has 3 aromatic carbocycles. The van der Waals surface area contributed by atoms with Crippen molar-refractivity contribution in [1.29, 1.82) is 0 Å². The number of furan rings is 1. The first-order valence-corrected chi connectivity index (χ1v) is 10.3. The van der Waals surface area contributed by atoms with Gasteiger partial charge in [0.15, 0.2) is 0 Å². The third-order valence-electron chi connectivity index (χ3n) is 5.40. The summed E-state index contributed by atoms with van der Waals surface area (Å²) in [5.74, 6) is 1.21. The molecule has 1 N–H and O–H groups in total. The lowest BCUT2D eigenvalue weighted by Gasteiger charge is -2.11. The molecule has 0 unspecified atom stereocenters. The number of benzene rings is 3. The number of allylic oxidation sites excluding steroid dienone is 1. The van der Waals surface area contributed by atoms with E-state index in [1.807, 2.05) is 73.7 Å². The average Bonchev–Trinajstić information content (AvgIpc) is 3.25. The number of rotatable bonds is 7. The Morgan fingerprint density at radius 3 is 2.44 bits per heavy atom. The second kappa shape index (κ2) is 9.43. The van der Waals surface area contributed by atoms with Crippen LogP contribution < -0.4 is 14.8 Å². The predicted octanol–water partition coefficient (Wildman–Crippen LogP) is 5.84.